The Bertz CT molecular complexity index is 2640. The maximum absolute atomic E-state index is 14.1. The minimum Gasteiger partial charge on any atom is -0.461 e. The van der Waals surface area contributed by atoms with Gasteiger partial charge in [-0.3, -0.25) is 43.2 Å². The molecule has 0 rings (SSSR count). The molecular weight excluding hydrogens is 1600 g/mol. The number of ether oxygens (including phenoxy) is 6. The fraction of sp³-hybridized carbons (Fsp3) is 0.847. The molecule has 0 saturated carbocycles. The first-order valence-corrected chi connectivity index (χ1v) is 51.9. The average molecular weight is 1780 g/mol. The van der Waals surface area contributed by atoms with Crippen LogP contribution >= 0.6 is 35.3 Å². The summed E-state index contributed by atoms with van der Waals surface area (Å²) in [6, 6.07) is 0. The van der Waals surface area contributed by atoms with Crippen molar-refractivity contribution in [1.29, 1.82) is 0 Å². The second kappa shape index (κ2) is 87.1. The molecule has 0 spiro atoms. The van der Waals surface area contributed by atoms with Gasteiger partial charge in [-0.15, -0.1) is 0 Å². The van der Waals surface area contributed by atoms with Gasteiger partial charge < -0.3 is 57.8 Å². The van der Waals surface area contributed by atoms with Crippen LogP contribution in [0.5, 0.6) is 0 Å². The van der Waals surface area contributed by atoms with Crippen LogP contribution in [0.3, 0.4) is 0 Å². The van der Waals surface area contributed by atoms with E-state index in [-0.39, 0.29) is 93.1 Å². The number of rotatable bonds is 86. The number of unbranched alkanes of at least 4 members (excludes halogenated alkanes) is 39. The number of thioether (sulfide) groups is 3. The topological polar surface area (TPSA) is 228 Å². The van der Waals surface area contributed by atoms with Gasteiger partial charge in [0, 0.05) is 36.9 Å². The van der Waals surface area contributed by atoms with Crippen LogP contribution in [0.4, 0.5) is 14.4 Å². The molecular formula is C98H180N6O15S3. The molecule has 21 nitrogen and oxygen atoms in total. The van der Waals surface area contributed by atoms with Gasteiger partial charge in [0.25, 0.3) is 15.7 Å². The molecule has 0 N–H and O–H groups in total. The SMILES string of the molecule is CCCCCC/C=C\COC(=O)CN(CC(=O)OC(CCCCC)CCCCCCN(C)CCSC(=O)N(CC(=O)OC/C=C\CCCCCCCCCCCCCC(CCCCCCCC)OC(=O)CN(CC(=O)OC/C=C\CCCCCC)C(=O)SCCN(C)C)CC(=O)OC(CCCCCCCC)CCCCCCCC)C(=O)SCCN(C)C. The van der Waals surface area contributed by atoms with Crippen LogP contribution < -0.4 is 0 Å². The van der Waals surface area contributed by atoms with Crippen molar-refractivity contribution in [3.8, 4) is 0 Å². The van der Waals surface area contributed by atoms with E-state index < -0.39 is 35.8 Å². The summed E-state index contributed by atoms with van der Waals surface area (Å²) in [6.45, 7) is 14.3. The Hall–Kier alpha value is -4.62. The second-order valence-electron chi connectivity index (χ2n) is 34.2. The van der Waals surface area contributed by atoms with Crippen molar-refractivity contribution in [2.75, 3.05) is 138 Å². The molecule has 0 aromatic carbocycles. The zero-order valence-electron chi connectivity index (χ0n) is 79.5. The summed E-state index contributed by atoms with van der Waals surface area (Å²) in [5, 5.41) is -1.06. The van der Waals surface area contributed by atoms with E-state index in [1.807, 2.05) is 75.4 Å². The van der Waals surface area contributed by atoms with E-state index in [1.165, 1.54) is 156 Å². The first-order chi connectivity index (χ1) is 59.2. The normalized spacial score (nSPS) is 12.2. The van der Waals surface area contributed by atoms with E-state index in [0.717, 1.165) is 234 Å². The molecule has 0 fully saturated rings. The van der Waals surface area contributed by atoms with Crippen LogP contribution in [0.25, 0.3) is 0 Å². The Kier molecular flexibility index (Phi) is 83.8. The van der Waals surface area contributed by atoms with Crippen LogP contribution in [0.2, 0.25) is 0 Å². The van der Waals surface area contributed by atoms with E-state index in [9.17, 15) is 43.2 Å². The minimum atomic E-state index is -0.574. The van der Waals surface area contributed by atoms with Crippen molar-refractivity contribution >= 4 is 86.8 Å². The highest BCUT2D eigenvalue weighted by molar-refractivity contribution is 8.14. The molecule has 0 aromatic rings. The van der Waals surface area contributed by atoms with E-state index in [4.69, 9.17) is 28.4 Å². The first kappa shape index (κ1) is 117. The predicted octanol–water partition coefficient (Wildman–Crippen LogP) is 24.3. The number of carbonyl (C=O) groups excluding carboxylic acids is 9. The van der Waals surface area contributed by atoms with E-state index in [0.29, 0.717) is 43.3 Å². The molecule has 710 valence electrons. The third-order valence-electron chi connectivity index (χ3n) is 21.8. The van der Waals surface area contributed by atoms with Gasteiger partial charge in [0.15, 0.2) is 0 Å². The van der Waals surface area contributed by atoms with Gasteiger partial charge >= 0.3 is 35.8 Å². The monoisotopic (exact) mass is 1780 g/mol. The Morgan fingerprint density at radius 1 is 0.246 bits per heavy atom. The Morgan fingerprint density at radius 2 is 0.459 bits per heavy atom. The van der Waals surface area contributed by atoms with Gasteiger partial charge in [-0.1, -0.05) is 332 Å². The molecule has 0 saturated heterocycles. The van der Waals surface area contributed by atoms with Gasteiger partial charge in [0.2, 0.25) is 0 Å². The van der Waals surface area contributed by atoms with Crippen LogP contribution in [-0.2, 0) is 57.2 Å². The zero-order chi connectivity index (χ0) is 89.8. The molecule has 0 heterocycles. The lowest BCUT2D eigenvalue weighted by molar-refractivity contribution is -0.153. The molecule has 0 aromatic heterocycles. The van der Waals surface area contributed by atoms with Crippen LogP contribution in [-0.4, -0.2) is 237 Å². The average Bonchev–Trinajstić information content (AvgIpc) is 0.905. The van der Waals surface area contributed by atoms with Gasteiger partial charge in [0.1, 0.15) is 77.4 Å². The number of carbonyl (C=O) groups is 9. The lowest BCUT2D eigenvalue weighted by Crippen LogP contribution is -2.40. The predicted molar refractivity (Wildman–Crippen MR) is 512 cm³/mol. The van der Waals surface area contributed by atoms with Crippen LogP contribution in [0.1, 0.15) is 382 Å². The molecule has 0 aliphatic carbocycles. The zero-order valence-corrected chi connectivity index (χ0v) is 82.0. The fourth-order valence-corrected chi connectivity index (χ4v) is 16.9. The van der Waals surface area contributed by atoms with E-state index in [2.05, 4.69) is 52.5 Å². The number of hydrogen-bond acceptors (Lipinski definition) is 21. The van der Waals surface area contributed by atoms with Crippen molar-refractivity contribution < 1.29 is 71.6 Å². The highest BCUT2D eigenvalue weighted by atomic mass is 32.2. The van der Waals surface area contributed by atoms with Gasteiger partial charge in [-0.05, 0) is 164 Å². The summed E-state index contributed by atoms with van der Waals surface area (Å²) in [4.78, 5) is 131. The number of amides is 3. The standard InChI is InChI=1S/C98H180N6O15S3/c1-12-18-24-29-43-52-62-75-114-90(105)81-102(96(111)120-78-72-99(7)8)84-93(108)117-87(65-55-23-17-6)70-60-50-51-61-71-101(11)74-80-122-98(113)104(86-95(110)118-88(66-56-46-31-26-20-14-3)67-57-47-32-27-21-15-4)83-92(107)116-77-64-54-45-41-39-37-35-34-36-38-40-42-49-59-69-89(68-58-48-33-28-22-16-5)119-94(109)85-103(97(112)121-79-73-100(9)10)82-91(106)115-76-63-53-44-30-25-19-13-2/h52-54,62-64,87-89H,12-51,55-61,65-86H2,1-11H3/b62-52-,63-53-,64-54-. The maximum atomic E-state index is 14.1. The quantitative estimate of drug-likeness (QED) is 0.0238. The third kappa shape index (κ3) is 77.7. The summed E-state index contributed by atoms with van der Waals surface area (Å²) < 4.78 is 34.9. The highest BCUT2D eigenvalue weighted by Gasteiger charge is 2.28. The van der Waals surface area contributed by atoms with Crippen molar-refractivity contribution in [1.82, 2.24) is 29.4 Å². The molecule has 0 aliphatic heterocycles. The summed E-state index contributed by atoms with van der Waals surface area (Å²) in [5.41, 5.74) is 0. The molecule has 0 aliphatic rings. The fourth-order valence-electron chi connectivity index (χ4n) is 14.2. The summed E-state index contributed by atoms with van der Waals surface area (Å²) in [6.07, 6.45) is 67.2. The van der Waals surface area contributed by atoms with E-state index >= 15 is 0 Å². The summed E-state index contributed by atoms with van der Waals surface area (Å²) in [5.74, 6) is -1.67. The molecule has 24 heteroatoms. The molecule has 2 atom stereocenters. The number of hydrogen-bond donors (Lipinski definition) is 0. The molecule has 3 amide bonds. The summed E-state index contributed by atoms with van der Waals surface area (Å²) >= 11 is 3.28. The Morgan fingerprint density at radius 3 is 0.730 bits per heavy atom. The lowest BCUT2D eigenvalue weighted by atomic mass is 10.0. The van der Waals surface area contributed by atoms with Crippen LogP contribution in [0, 0.1) is 0 Å². The first-order valence-electron chi connectivity index (χ1n) is 48.9. The molecule has 2 unspecified atom stereocenters. The number of esters is 6. The second-order valence-corrected chi connectivity index (χ2v) is 37.3. The molecule has 0 radical (unpaired) electrons. The Balaban J connectivity index is 5.52. The smallest absolute Gasteiger partial charge is 0.326 e. The largest absolute Gasteiger partial charge is 0.461 e. The van der Waals surface area contributed by atoms with Gasteiger partial charge in [-0.25, -0.2) is 0 Å². The van der Waals surface area contributed by atoms with Gasteiger partial charge in [-0.2, -0.15) is 0 Å². The van der Waals surface area contributed by atoms with Crippen molar-refractivity contribution in [3.63, 3.8) is 0 Å². The maximum Gasteiger partial charge on any atom is 0.326 e. The van der Waals surface area contributed by atoms with Crippen molar-refractivity contribution in [3.05, 3.63) is 36.5 Å². The third-order valence-corrected chi connectivity index (χ3v) is 24.4. The molecule has 122 heavy (non-hydrogen) atoms. The lowest BCUT2D eigenvalue weighted by Gasteiger charge is -2.24. The molecule has 0 bridgehead atoms. The summed E-state index contributed by atoms with van der Waals surface area (Å²) in [7, 11) is 9.78. The van der Waals surface area contributed by atoms with E-state index in [1.54, 1.807) is 0 Å². The Labute approximate surface area is 757 Å². The van der Waals surface area contributed by atoms with Crippen molar-refractivity contribution in [2.45, 2.75) is 400 Å². The number of allylic oxidation sites excluding steroid dienone is 3. The minimum absolute atomic E-state index is 0.0813. The number of nitrogens with zero attached hydrogens (tertiary/aromatic N) is 6. The highest BCUT2D eigenvalue weighted by Crippen LogP contribution is 2.24. The van der Waals surface area contributed by atoms with Crippen LogP contribution in [0.15, 0.2) is 36.5 Å². The van der Waals surface area contributed by atoms with Gasteiger partial charge in [0.05, 0.1) is 0 Å². The van der Waals surface area contributed by atoms with Crippen molar-refractivity contribution in [2.24, 2.45) is 0 Å².